The molecule has 1 aliphatic rings. The van der Waals surface area contributed by atoms with Crippen molar-refractivity contribution < 1.29 is 12.8 Å². The normalized spacial score (nSPS) is 17.5. The van der Waals surface area contributed by atoms with Gasteiger partial charge in [-0.15, -0.1) is 10.2 Å². The van der Waals surface area contributed by atoms with Gasteiger partial charge in [0.2, 0.25) is 15.9 Å². The van der Waals surface area contributed by atoms with Crippen LogP contribution in [-0.2, 0) is 10.0 Å². The van der Waals surface area contributed by atoms with E-state index in [1.807, 2.05) is 0 Å². The second-order valence-corrected chi connectivity index (χ2v) is 7.80. The van der Waals surface area contributed by atoms with Crippen LogP contribution in [0.5, 0.6) is 0 Å². The molecule has 0 aromatic carbocycles. The number of sulfonamides is 1. The maximum atomic E-state index is 11.9. The molecule has 3 rings (SSSR count). The fourth-order valence-electron chi connectivity index (χ4n) is 2.58. The van der Waals surface area contributed by atoms with Crippen LogP contribution < -0.4 is 0 Å². The van der Waals surface area contributed by atoms with Gasteiger partial charge >= 0.3 is 0 Å². The van der Waals surface area contributed by atoms with Crippen LogP contribution in [0.25, 0.3) is 11.5 Å². The lowest BCUT2D eigenvalue weighted by atomic mass is 9.98. The van der Waals surface area contributed by atoms with E-state index < -0.39 is 10.0 Å². The standard InChI is InChI=1S/C14H19N5O3S/c1-3-23(20,21)19-6-4-11(5-7-19)13-17-18-14(22-13)12-8-15-10(2)16-9-12/h8-9,11H,3-7H2,1-2H3. The van der Waals surface area contributed by atoms with Crippen LogP contribution >= 0.6 is 0 Å². The van der Waals surface area contributed by atoms with Crippen LogP contribution in [0.1, 0.15) is 37.4 Å². The maximum absolute atomic E-state index is 11.9. The van der Waals surface area contributed by atoms with Crippen molar-refractivity contribution in [3.05, 3.63) is 24.1 Å². The molecule has 0 spiro atoms. The number of hydrogen-bond donors (Lipinski definition) is 0. The Hall–Kier alpha value is -1.87. The molecule has 0 radical (unpaired) electrons. The van der Waals surface area contributed by atoms with Crippen molar-refractivity contribution in [2.75, 3.05) is 18.8 Å². The highest BCUT2D eigenvalue weighted by Crippen LogP contribution is 2.30. The first-order chi connectivity index (χ1) is 11.0. The minimum Gasteiger partial charge on any atom is -0.420 e. The van der Waals surface area contributed by atoms with Crippen molar-refractivity contribution >= 4 is 10.0 Å². The predicted molar refractivity (Wildman–Crippen MR) is 83.1 cm³/mol. The van der Waals surface area contributed by atoms with Gasteiger partial charge in [0.1, 0.15) is 5.82 Å². The first-order valence-corrected chi connectivity index (χ1v) is 9.20. The van der Waals surface area contributed by atoms with Gasteiger partial charge in [-0.05, 0) is 26.7 Å². The van der Waals surface area contributed by atoms with E-state index in [4.69, 9.17) is 4.42 Å². The van der Waals surface area contributed by atoms with Crippen molar-refractivity contribution in [2.24, 2.45) is 0 Å². The number of piperidine rings is 1. The molecule has 0 aliphatic carbocycles. The van der Waals surface area contributed by atoms with Crippen LogP contribution in [0.3, 0.4) is 0 Å². The highest BCUT2D eigenvalue weighted by molar-refractivity contribution is 7.89. The van der Waals surface area contributed by atoms with Crippen molar-refractivity contribution in [1.29, 1.82) is 0 Å². The largest absolute Gasteiger partial charge is 0.420 e. The van der Waals surface area contributed by atoms with E-state index >= 15 is 0 Å². The molecule has 9 heteroatoms. The molecule has 0 bridgehead atoms. The summed E-state index contributed by atoms with van der Waals surface area (Å²) in [4.78, 5) is 8.22. The minimum absolute atomic E-state index is 0.0888. The van der Waals surface area contributed by atoms with Gasteiger partial charge in [-0.1, -0.05) is 0 Å². The summed E-state index contributed by atoms with van der Waals surface area (Å²) < 4.78 is 31.0. The Bertz CT molecular complexity index is 764. The Morgan fingerprint density at radius 3 is 2.48 bits per heavy atom. The molecule has 124 valence electrons. The van der Waals surface area contributed by atoms with E-state index in [0.29, 0.717) is 49.1 Å². The number of aromatic nitrogens is 4. The Morgan fingerprint density at radius 1 is 1.22 bits per heavy atom. The monoisotopic (exact) mass is 337 g/mol. The Morgan fingerprint density at radius 2 is 1.87 bits per heavy atom. The molecule has 1 aliphatic heterocycles. The first-order valence-electron chi connectivity index (χ1n) is 7.60. The van der Waals surface area contributed by atoms with Crippen molar-refractivity contribution in [2.45, 2.75) is 32.6 Å². The van der Waals surface area contributed by atoms with Gasteiger partial charge in [0, 0.05) is 31.4 Å². The summed E-state index contributed by atoms with van der Waals surface area (Å²) in [6.45, 7) is 4.45. The second-order valence-electron chi connectivity index (χ2n) is 5.54. The quantitative estimate of drug-likeness (QED) is 0.830. The number of nitrogens with zero attached hydrogens (tertiary/aromatic N) is 5. The Kier molecular flexibility index (Phi) is 4.40. The summed E-state index contributed by atoms with van der Waals surface area (Å²) in [5, 5.41) is 8.15. The first kappa shape index (κ1) is 16.0. The zero-order valence-electron chi connectivity index (χ0n) is 13.1. The number of hydrogen-bond acceptors (Lipinski definition) is 7. The number of rotatable bonds is 4. The van der Waals surface area contributed by atoms with Gasteiger partial charge in [-0.25, -0.2) is 22.7 Å². The summed E-state index contributed by atoms with van der Waals surface area (Å²) in [6, 6.07) is 0. The molecule has 0 atom stereocenters. The lowest BCUT2D eigenvalue weighted by molar-refractivity contribution is 0.291. The highest BCUT2D eigenvalue weighted by Gasteiger charge is 2.30. The zero-order valence-corrected chi connectivity index (χ0v) is 14.0. The van der Waals surface area contributed by atoms with E-state index in [9.17, 15) is 8.42 Å². The van der Waals surface area contributed by atoms with Crippen molar-refractivity contribution in [3.63, 3.8) is 0 Å². The van der Waals surface area contributed by atoms with Crippen molar-refractivity contribution in [3.8, 4) is 11.5 Å². The van der Waals surface area contributed by atoms with Gasteiger partial charge in [0.25, 0.3) is 5.89 Å². The molecule has 8 nitrogen and oxygen atoms in total. The average Bonchev–Trinajstić information content (AvgIpc) is 3.05. The van der Waals surface area contributed by atoms with Crippen LogP contribution in [0.2, 0.25) is 0 Å². The topological polar surface area (TPSA) is 102 Å². The third-order valence-electron chi connectivity index (χ3n) is 4.03. The molecule has 1 saturated heterocycles. The molecule has 0 amide bonds. The van der Waals surface area contributed by atoms with Crippen molar-refractivity contribution in [1.82, 2.24) is 24.5 Å². The molecule has 2 aromatic heterocycles. The van der Waals surface area contributed by atoms with E-state index in [0.717, 1.165) is 0 Å². The smallest absolute Gasteiger partial charge is 0.250 e. The molecule has 1 fully saturated rings. The van der Waals surface area contributed by atoms with Crippen LogP contribution in [-0.4, -0.2) is 51.7 Å². The van der Waals surface area contributed by atoms with Crippen LogP contribution in [0, 0.1) is 6.92 Å². The molecule has 0 N–H and O–H groups in total. The number of aryl methyl sites for hydroxylation is 1. The van der Waals surface area contributed by atoms with Gasteiger partial charge in [-0.2, -0.15) is 0 Å². The minimum atomic E-state index is -3.12. The summed E-state index contributed by atoms with van der Waals surface area (Å²) >= 11 is 0. The molecule has 0 unspecified atom stereocenters. The lowest BCUT2D eigenvalue weighted by Gasteiger charge is -2.29. The van der Waals surface area contributed by atoms with Crippen LogP contribution in [0.4, 0.5) is 0 Å². The van der Waals surface area contributed by atoms with Gasteiger partial charge in [-0.3, -0.25) is 0 Å². The lowest BCUT2D eigenvalue weighted by Crippen LogP contribution is -2.38. The molecular weight excluding hydrogens is 318 g/mol. The van der Waals surface area contributed by atoms with Crippen LogP contribution in [0.15, 0.2) is 16.8 Å². The van der Waals surface area contributed by atoms with Gasteiger partial charge in [0.15, 0.2) is 0 Å². The van der Waals surface area contributed by atoms with E-state index in [2.05, 4.69) is 20.2 Å². The van der Waals surface area contributed by atoms with E-state index in [1.54, 1.807) is 26.2 Å². The summed E-state index contributed by atoms with van der Waals surface area (Å²) in [6.07, 6.45) is 4.67. The molecular formula is C14H19N5O3S. The molecule has 23 heavy (non-hydrogen) atoms. The summed E-state index contributed by atoms with van der Waals surface area (Å²) in [5.74, 6) is 1.84. The SMILES string of the molecule is CCS(=O)(=O)N1CCC(c2nnc(-c3cnc(C)nc3)o2)CC1. The third kappa shape index (κ3) is 3.40. The van der Waals surface area contributed by atoms with Gasteiger partial charge in [0.05, 0.1) is 11.3 Å². The second kappa shape index (κ2) is 6.32. The fourth-order valence-corrected chi connectivity index (χ4v) is 3.72. The summed E-state index contributed by atoms with van der Waals surface area (Å²) in [5.41, 5.74) is 0.681. The molecule has 3 heterocycles. The summed E-state index contributed by atoms with van der Waals surface area (Å²) in [7, 11) is -3.12. The third-order valence-corrected chi connectivity index (χ3v) is 5.91. The fraction of sp³-hybridized carbons (Fsp3) is 0.571. The maximum Gasteiger partial charge on any atom is 0.250 e. The van der Waals surface area contributed by atoms with E-state index in [-0.39, 0.29) is 11.7 Å². The van der Waals surface area contributed by atoms with Gasteiger partial charge < -0.3 is 4.42 Å². The van der Waals surface area contributed by atoms with E-state index in [1.165, 1.54) is 4.31 Å². The predicted octanol–water partition coefficient (Wildman–Crippen LogP) is 1.36. The molecule has 0 saturated carbocycles. The zero-order chi connectivity index (χ0) is 16.4. The Balaban J connectivity index is 1.69. The Labute approximate surface area is 135 Å². The molecule has 2 aromatic rings. The highest BCUT2D eigenvalue weighted by atomic mass is 32.2. The average molecular weight is 337 g/mol.